The van der Waals surface area contributed by atoms with Crippen molar-refractivity contribution in [2.24, 2.45) is 5.92 Å². The summed E-state index contributed by atoms with van der Waals surface area (Å²) >= 11 is 0. The molecule has 0 aromatic carbocycles. The molecule has 2 aromatic heterocycles. The maximum atomic E-state index is 6.72. The van der Waals surface area contributed by atoms with Gasteiger partial charge < -0.3 is 10.3 Å². The van der Waals surface area contributed by atoms with Crippen molar-refractivity contribution in [3.63, 3.8) is 0 Å². The van der Waals surface area contributed by atoms with Crippen molar-refractivity contribution >= 4 is 16.7 Å². The second kappa shape index (κ2) is 7.80. The molecule has 138 valence electrons. The van der Waals surface area contributed by atoms with Gasteiger partial charge in [0.25, 0.3) is 0 Å². The zero-order valence-electron chi connectivity index (χ0n) is 16.6. The molecular weight excluding hydrogens is 306 g/mol. The lowest BCUT2D eigenvalue weighted by atomic mass is 10.00. The molecular formula is C22H35N3. The minimum absolute atomic E-state index is 0.755. The Kier molecular flexibility index (Phi) is 5.71. The van der Waals surface area contributed by atoms with E-state index in [1.165, 1.54) is 72.8 Å². The number of hydrogen-bond acceptors (Lipinski definition) is 2. The SMILES string of the molecule is Cc1c(C)n(CCCC(C)C)c2nc3c(c(N)c12)CCCCCCC3. The maximum Gasteiger partial charge on any atom is 0.142 e. The van der Waals surface area contributed by atoms with E-state index >= 15 is 0 Å². The first kappa shape index (κ1) is 18.3. The number of aromatic nitrogens is 2. The summed E-state index contributed by atoms with van der Waals surface area (Å²) in [4.78, 5) is 5.18. The molecule has 0 radical (unpaired) electrons. The molecule has 1 aliphatic carbocycles. The van der Waals surface area contributed by atoms with Gasteiger partial charge in [0.05, 0.1) is 0 Å². The maximum absolute atomic E-state index is 6.72. The van der Waals surface area contributed by atoms with Gasteiger partial charge in [-0.05, 0) is 69.4 Å². The summed E-state index contributed by atoms with van der Waals surface area (Å²) in [5, 5.41) is 1.22. The number of nitrogens with zero attached hydrogens (tertiary/aromatic N) is 2. The summed E-state index contributed by atoms with van der Waals surface area (Å²) in [6, 6.07) is 0. The van der Waals surface area contributed by atoms with Crippen LogP contribution in [-0.4, -0.2) is 9.55 Å². The standard InChI is InChI=1S/C22H35N3/c1-15(2)11-10-14-25-17(4)16(3)20-21(23)18-12-8-6-5-7-9-13-19(18)24-22(20)25/h15H,5-14H2,1-4H3,(H2,23,24). The third kappa shape index (κ3) is 3.70. The molecule has 0 unspecified atom stereocenters. The molecule has 1 aliphatic rings. The highest BCUT2D eigenvalue weighted by Gasteiger charge is 2.20. The Balaban J connectivity index is 2.06. The topological polar surface area (TPSA) is 43.8 Å². The quantitative estimate of drug-likeness (QED) is 0.773. The van der Waals surface area contributed by atoms with Gasteiger partial charge in [0.15, 0.2) is 0 Å². The van der Waals surface area contributed by atoms with Crippen LogP contribution in [0.15, 0.2) is 0 Å². The van der Waals surface area contributed by atoms with Crippen LogP contribution in [0.4, 0.5) is 5.69 Å². The molecule has 0 spiro atoms. The minimum Gasteiger partial charge on any atom is -0.398 e. The average Bonchev–Trinajstić information content (AvgIpc) is 2.87. The predicted molar refractivity (Wildman–Crippen MR) is 108 cm³/mol. The summed E-state index contributed by atoms with van der Waals surface area (Å²) in [5.41, 5.74) is 14.2. The van der Waals surface area contributed by atoms with E-state index in [0.717, 1.165) is 36.6 Å². The highest BCUT2D eigenvalue weighted by atomic mass is 15.1. The van der Waals surface area contributed by atoms with Crippen molar-refractivity contribution in [1.29, 1.82) is 0 Å². The van der Waals surface area contributed by atoms with Gasteiger partial charge in [-0.25, -0.2) is 4.98 Å². The third-order valence-corrected chi connectivity index (χ3v) is 5.99. The zero-order valence-corrected chi connectivity index (χ0v) is 16.6. The third-order valence-electron chi connectivity index (χ3n) is 5.99. The molecule has 25 heavy (non-hydrogen) atoms. The zero-order chi connectivity index (χ0) is 18.0. The Labute approximate surface area is 153 Å². The summed E-state index contributed by atoms with van der Waals surface area (Å²) in [5.74, 6) is 0.755. The molecule has 2 heterocycles. The van der Waals surface area contributed by atoms with Gasteiger partial charge in [-0.2, -0.15) is 0 Å². The Morgan fingerprint density at radius 1 is 1.04 bits per heavy atom. The van der Waals surface area contributed by atoms with Crippen LogP contribution >= 0.6 is 0 Å². The van der Waals surface area contributed by atoms with Gasteiger partial charge >= 0.3 is 0 Å². The Hall–Kier alpha value is -1.51. The van der Waals surface area contributed by atoms with Gasteiger partial charge in [-0.3, -0.25) is 0 Å². The number of hydrogen-bond donors (Lipinski definition) is 1. The number of aryl methyl sites for hydroxylation is 3. The summed E-state index contributed by atoms with van der Waals surface area (Å²) < 4.78 is 2.43. The molecule has 3 nitrogen and oxygen atoms in total. The lowest BCUT2D eigenvalue weighted by Crippen LogP contribution is -2.07. The van der Waals surface area contributed by atoms with Crippen molar-refractivity contribution in [3.05, 3.63) is 22.5 Å². The van der Waals surface area contributed by atoms with Crippen molar-refractivity contribution in [2.75, 3.05) is 5.73 Å². The largest absolute Gasteiger partial charge is 0.398 e. The smallest absolute Gasteiger partial charge is 0.142 e. The van der Waals surface area contributed by atoms with Crippen LogP contribution < -0.4 is 5.73 Å². The molecule has 0 saturated carbocycles. The van der Waals surface area contributed by atoms with Crippen molar-refractivity contribution in [3.8, 4) is 0 Å². The van der Waals surface area contributed by atoms with E-state index in [9.17, 15) is 0 Å². The van der Waals surface area contributed by atoms with E-state index in [2.05, 4.69) is 32.3 Å². The summed E-state index contributed by atoms with van der Waals surface area (Å²) in [6.07, 6.45) is 11.2. The van der Waals surface area contributed by atoms with E-state index in [4.69, 9.17) is 10.7 Å². The van der Waals surface area contributed by atoms with Crippen LogP contribution in [-0.2, 0) is 19.4 Å². The van der Waals surface area contributed by atoms with Crippen LogP contribution in [0.25, 0.3) is 11.0 Å². The summed E-state index contributed by atoms with van der Waals surface area (Å²) in [6.45, 7) is 10.1. The fourth-order valence-corrected chi connectivity index (χ4v) is 4.33. The molecule has 0 amide bonds. The molecule has 0 saturated heterocycles. The molecule has 3 rings (SSSR count). The van der Waals surface area contributed by atoms with E-state index < -0.39 is 0 Å². The lowest BCUT2D eigenvalue weighted by Gasteiger charge is -2.14. The van der Waals surface area contributed by atoms with Gasteiger partial charge in [-0.15, -0.1) is 0 Å². The van der Waals surface area contributed by atoms with Gasteiger partial charge in [0.2, 0.25) is 0 Å². The second-order valence-corrected chi connectivity index (χ2v) is 8.32. The van der Waals surface area contributed by atoms with Gasteiger partial charge in [0, 0.05) is 29.0 Å². The monoisotopic (exact) mass is 341 g/mol. The summed E-state index contributed by atoms with van der Waals surface area (Å²) in [7, 11) is 0. The first-order valence-corrected chi connectivity index (χ1v) is 10.3. The molecule has 0 bridgehead atoms. The number of pyridine rings is 1. The van der Waals surface area contributed by atoms with Crippen LogP contribution in [0.3, 0.4) is 0 Å². The van der Waals surface area contributed by atoms with Crippen LogP contribution in [0, 0.1) is 19.8 Å². The second-order valence-electron chi connectivity index (χ2n) is 8.32. The Morgan fingerprint density at radius 3 is 2.44 bits per heavy atom. The highest BCUT2D eigenvalue weighted by molar-refractivity contribution is 5.95. The first-order valence-electron chi connectivity index (χ1n) is 10.3. The van der Waals surface area contributed by atoms with Gasteiger partial charge in [-0.1, -0.05) is 33.1 Å². The van der Waals surface area contributed by atoms with E-state index in [1.54, 1.807) is 0 Å². The fraction of sp³-hybridized carbons (Fsp3) is 0.682. The number of nitrogen functional groups attached to an aromatic ring is 1. The van der Waals surface area contributed by atoms with E-state index in [1.807, 2.05) is 0 Å². The van der Waals surface area contributed by atoms with E-state index in [-0.39, 0.29) is 0 Å². The average molecular weight is 342 g/mol. The normalized spacial score (nSPS) is 15.9. The minimum atomic E-state index is 0.755. The molecule has 3 heteroatoms. The predicted octanol–water partition coefficient (Wildman–Crippen LogP) is 5.72. The molecule has 0 aliphatic heterocycles. The van der Waals surface area contributed by atoms with Crippen LogP contribution in [0.5, 0.6) is 0 Å². The van der Waals surface area contributed by atoms with Gasteiger partial charge in [0.1, 0.15) is 5.65 Å². The van der Waals surface area contributed by atoms with Crippen LogP contribution in [0.1, 0.15) is 81.3 Å². The van der Waals surface area contributed by atoms with Crippen molar-refractivity contribution < 1.29 is 0 Å². The first-order chi connectivity index (χ1) is 12.0. The number of nitrogens with two attached hydrogens (primary N) is 1. The lowest BCUT2D eigenvalue weighted by molar-refractivity contribution is 0.512. The number of fused-ring (bicyclic) bond motifs is 2. The highest BCUT2D eigenvalue weighted by Crippen LogP contribution is 2.35. The van der Waals surface area contributed by atoms with Crippen molar-refractivity contribution in [1.82, 2.24) is 9.55 Å². The van der Waals surface area contributed by atoms with Crippen molar-refractivity contribution in [2.45, 2.75) is 92.0 Å². The molecule has 2 N–H and O–H groups in total. The Morgan fingerprint density at radius 2 is 1.72 bits per heavy atom. The number of anilines is 1. The molecule has 0 fully saturated rings. The fourth-order valence-electron chi connectivity index (χ4n) is 4.33. The molecule has 2 aromatic rings. The number of rotatable bonds is 4. The van der Waals surface area contributed by atoms with E-state index in [0.29, 0.717) is 0 Å². The Bertz CT molecular complexity index is 740. The van der Waals surface area contributed by atoms with Crippen LogP contribution in [0.2, 0.25) is 0 Å². The molecule has 0 atom stereocenters.